The number of nitrogens with zero attached hydrogens (tertiary/aromatic N) is 1. The summed E-state index contributed by atoms with van der Waals surface area (Å²) >= 11 is 4.38. The average Bonchev–Trinajstić information content (AvgIpc) is 3.23. The summed E-state index contributed by atoms with van der Waals surface area (Å²) in [6, 6.07) is 9.19. The topological polar surface area (TPSA) is 3.01 Å². The second kappa shape index (κ2) is 5.76. The van der Waals surface area contributed by atoms with Gasteiger partial charge in [-0.25, -0.2) is 4.58 Å². The van der Waals surface area contributed by atoms with Crippen molar-refractivity contribution >= 4 is 39.4 Å². The fraction of sp³-hybridized carbons (Fsp3) is 0.562. The van der Waals surface area contributed by atoms with Crippen molar-refractivity contribution in [2.75, 3.05) is 19.3 Å². The van der Waals surface area contributed by atoms with Gasteiger partial charge in [-0.2, -0.15) is 0 Å². The van der Waals surface area contributed by atoms with Crippen molar-refractivity contribution in [1.82, 2.24) is 0 Å². The molecule has 0 aromatic heterocycles. The third kappa shape index (κ3) is 2.73. The van der Waals surface area contributed by atoms with Crippen LogP contribution in [0.4, 0.5) is 0 Å². The van der Waals surface area contributed by atoms with E-state index < -0.39 is 0 Å². The van der Waals surface area contributed by atoms with E-state index in [1.54, 1.807) is 5.04 Å². The molecule has 0 N–H and O–H groups in total. The van der Waals surface area contributed by atoms with Crippen LogP contribution < -0.4 is 0 Å². The largest absolute Gasteiger partial charge is 0.227 e. The molecule has 0 amide bonds. The molecule has 3 rings (SSSR count). The maximum absolute atomic E-state index is 2.67. The molecule has 1 aliphatic heterocycles. The maximum atomic E-state index is 2.67. The molecule has 0 unspecified atom stereocenters. The minimum Gasteiger partial charge on any atom is -0.227 e. The third-order valence-corrected chi connectivity index (χ3v) is 6.15. The van der Waals surface area contributed by atoms with Crippen LogP contribution in [0.15, 0.2) is 24.3 Å². The van der Waals surface area contributed by atoms with E-state index in [2.05, 4.69) is 57.7 Å². The normalized spacial score (nSPS) is 21.3. The smallest absolute Gasteiger partial charge is 0.220 e. The number of rotatable bonds is 2. The van der Waals surface area contributed by atoms with E-state index in [0.29, 0.717) is 5.41 Å². The van der Waals surface area contributed by atoms with Crippen LogP contribution in [0, 0.1) is 3.57 Å². The molecule has 102 valence electrons. The van der Waals surface area contributed by atoms with Crippen LogP contribution in [-0.2, 0) is 5.41 Å². The molecule has 1 heterocycles. The van der Waals surface area contributed by atoms with Crippen LogP contribution in [0.2, 0.25) is 0 Å². The van der Waals surface area contributed by atoms with Gasteiger partial charge in [0.1, 0.15) is 13.1 Å². The predicted molar refractivity (Wildman–Crippen MR) is 92.4 cm³/mol. The molecule has 2 aliphatic rings. The minimum absolute atomic E-state index is 0.362. The Bertz CT molecular complexity index is 480. The molecule has 1 aromatic carbocycles. The Morgan fingerprint density at radius 2 is 1.74 bits per heavy atom. The maximum Gasteiger partial charge on any atom is 0.220 e. The molecule has 1 aliphatic carbocycles. The first kappa shape index (κ1) is 13.9. The van der Waals surface area contributed by atoms with Crippen LogP contribution >= 0.6 is 34.4 Å². The fourth-order valence-electron chi connectivity index (χ4n) is 3.24. The van der Waals surface area contributed by atoms with Crippen LogP contribution in [0.1, 0.15) is 37.7 Å². The molecule has 0 bridgehead atoms. The van der Waals surface area contributed by atoms with Crippen molar-refractivity contribution in [3.8, 4) is 0 Å². The van der Waals surface area contributed by atoms with Crippen molar-refractivity contribution < 1.29 is 4.58 Å². The third-order valence-electron chi connectivity index (χ3n) is 4.39. The van der Waals surface area contributed by atoms with Gasteiger partial charge in [0.05, 0.1) is 5.41 Å². The SMILES string of the molecule is CSC(=[N+]1CCCCC1)C1(c2ccc(I)cc2)CC1. The first-order valence-electron chi connectivity index (χ1n) is 7.19. The summed E-state index contributed by atoms with van der Waals surface area (Å²) in [5, 5.41) is 1.63. The Morgan fingerprint density at radius 3 is 2.26 bits per heavy atom. The van der Waals surface area contributed by atoms with Crippen LogP contribution in [-0.4, -0.2) is 29.0 Å². The fourth-order valence-corrected chi connectivity index (χ4v) is 4.76. The lowest BCUT2D eigenvalue weighted by atomic mass is 9.96. The predicted octanol–water partition coefficient (Wildman–Crippen LogP) is 4.28. The number of halogens is 1. The van der Waals surface area contributed by atoms with Gasteiger partial charge in [-0.1, -0.05) is 23.9 Å². The van der Waals surface area contributed by atoms with Gasteiger partial charge in [0.2, 0.25) is 5.04 Å². The van der Waals surface area contributed by atoms with Crippen molar-refractivity contribution in [3.05, 3.63) is 33.4 Å². The van der Waals surface area contributed by atoms with Crippen LogP contribution in [0.25, 0.3) is 0 Å². The molecule has 1 aromatic rings. The van der Waals surface area contributed by atoms with Crippen LogP contribution in [0.3, 0.4) is 0 Å². The Labute approximate surface area is 134 Å². The molecule has 1 saturated heterocycles. The lowest BCUT2D eigenvalue weighted by Gasteiger charge is -2.20. The molecule has 3 heteroatoms. The van der Waals surface area contributed by atoms with E-state index in [1.807, 2.05) is 11.8 Å². The van der Waals surface area contributed by atoms with Crippen molar-refractivity contribution in [3.63, 3.8) is 0 Å². The zero-order valence-corrected chi connectivity index (χ0v) is 14.5. The monoisotopic (exact) mass is 386 g/mol. The highest BCUT2D eigenvalue weighted by atomic mass is 127. The molecule has 0 atom stereocenters. The Hall–Kier alpha value is -0.0300. The van der Waals surface area contributed by atoms with Crippen molar-refractivity contribution in [1.29, 1.82) is 0 Å². The summed E-state index contributed by atoms with van der Waals surface area (Å²) in [5.74, 6) is 0. The highest BCUT2D eigenvalue weighted by molar-refractivity contribution is 14.1. The van der Waals surface area contributed by atoms with E-state index >= 15 is 0 Å². The first-order valence-corrected chi connectivity index (χ1v) is 9.49. The van der Waals surface area contributed by atoms with Gasteiger partial charge in [0, 0.05) is 16.4 Å². The minimum atomic E-state index is 0.362. The number of thioether (sulfide) groups is 1. The molecular formula is C16H21INS+. The van der Waals surface area contributed by atoms with Gasteiger partial charge in [0.15, 0.2) is 0 Å². The number of hydrogen-bond acceptors (Lipinski definition) is 1. The zero-order valence-electron chi connectivity index (χ0n) is 11.5. The van der Waals surface area contributed by atoms with Gasteiger partial charge < -0.3 is 0 Å². The van der Waals surface area contributed by atoms with Gasteiger partial charge >= 0.3 is 0 Å². The van der Waals surface area contributed by atoms with E-state index in [-0.39, 0.29) is 0 Å². The van der Waals surface area contributed by atoms with E-state index in [4.69, 9.17) is 0 Å². The van der Waals surface area contributed by atoms with Gasteiger partial charge in [-0.3, -0.25) is 0 Å². The van der Waals surface area contributed by atoms with Crippen molar-refractivity contribution in [2.24, 2.45) is 0 Å². The standard InChI is InChI=1S/C16H21INS/c1-19-15(18-11-3-2-4-12-18)16(9-10-16)13-5-7-14(17)8-6-13/h5-8H,2-4,9-12H2,1H3/q+1. The summed E-state index contributed by atoms with van der Waals surface area (Å²) in [5.41, 5.74) is 1.89. The average molecular weight is 386 g/mol. The Kier molecular flexibility index (Phi) is 4.22. The number of hydrogen-bond donors (Lipinski definition) is 0. The van der Waals surface area contributed by atoms with E-state index in [0.717, 1.165) is 0 Å². The first-order chi connectivity index (χ1) is 9.26. The molecule has 1 saturated carbocycles. The second-order valence-corrected chi connectivity index (χ2v) is 7.69. The number of piperidine rings is 1. The summed E-state index contributed by atoms with van der Waals surface area (Å²) in [4.78, 5) is 0. The van der Waals surface area contributed by atoms with E-state index in [9.17, 15) is 0 Å². The van der Waals surface area contributed by atoms with Gasteiger partial charge in [-0.15, -0.1) is 0 Å². The van der Waals surface area contributed by atoms with Gasteiger partial charge in [-0.05, 0) is 65.8 Å². The lowest BCUT2D eigenvalue weighted by Crippen LogP contribution is -2.32. The Balaban J connectivity index is 1.96. The van der Waals surface area contributed by atoms with Gasteiger partial charge in [0.25, 0.3) is 0 Å². The Morgan fingerprint density at radius 1 is 1.11 bits per heavy atom. The highest BCUT2D eigenvalue weighted by Crippen LogP contribution is 2.51. The van der Waals surface area contributed by atoms with E-state index in [1.165, 1.54) is 54.3 Å². The second-order valence-electron chi connectivity index (χ2n) is 5.65. The van der Waals surface area contributed by atoms with Crippen molar-refractivity contribution in [2.45, 2.75) is 37.5 Å². The zero-order chi connectivity index (χ0) is 13.3. The van der Waals surface area contributed by atoms with Crippen LogP contribution in [0.5, 0.6) is 0 Å². The molecule has 2 fully saturated rings. The summed E-state index contributed by atoms with van der Waals surface area (Å²) in [7, 11) is 0. The molecule has 1 nitrogen and oxygen atoms in total. The summed E-state index contributed by atoms with van der Waals surface area (Å²) < 4.78 is 4.00. The highest BCUT2D eigenvalue weighted by Gasteiger charge is 2.53. The molecule has 0 spiro atoms. The summed E-state index contributed by atoms with van der Waals surface area (Å²) in [6.07, 6.45) is 9.07. The summed E-state index contributed by atoms with van der Waals surface area (Å²) in [6.45, 7) is 2.53. The lowest BCUT2D eigenvalue weighted by molar-refractivity contribution is -0.536. The number of benzene rings is 1. The molecular weight excluding hydrogens is 365 g/mol. The molecule has 19 heavy (non-hydrogen) atoms. The molecule has 0 radical (unpaired) electrons. The quantitative estimate of drug-likeness (QED) is 0.417.